The maximum absolute atomic E-state index is 12.6. The zero-order chi connectivity index (χ0) is 23.1. The van der Waals surface area contributed by atoms with Gasteiger partial charge in [0.25, 0.3) is 15.9 Å². The normalized spacial score (nSPS) is 11.2. The van der Waals surface area contributed by atoms with Crippen LogP contribution in [0.25, 0.3) is 0 Å². The number of rotatable bonds is 9. The lowest BCUT2D eigenvalue weighted by Gasteiger charge is -2.11. The molecule has 3 rings (SSSR count). The van der Waals surface area contributed by atoms with Crippen LogP contribution in [0.2, 0.25) is 5.02 Å². The third kappa shape index (κ3) is 6.76. The Labute approximate surface area is 198 Å². The van der Waals surface area contributed by atoms with Gasteiger partial charge in [0.05, 0.1) is 15.5 Å². The van der Waals surface area contributed by atoms with Gasteiger partial charge >= 0.3 is 0 Å². The van der Waals surface area contributed by atoms with Gasteiger partial charge in [-0.25, -0.2) is 8.42 Å². The summed E-state index contributed by atoms with van der Waals surface area (Å²) >= 11 is 7.92. The predicted molar refractivity (Wildman–Crippen MR) is 133 cm³/mol. The largest absolute Gasteiger partial charge is 0.351 e. The summed E-state index contributed by atoms with van der Waals surface area (Å²) in [6, 6.07) is 19.4. The van der Waals surface area contributed by atoms with Crippen LogP contribution in [0.5, 0.6) is 0 Å². The molecule has 0 bridgehead atoms. The first-order valence-corrected chi connectivity index (χ1v) is 13.1. The fourth-order valence-corrected chi connectivity index (χ4v) is 5.08. The number of hydrogen-bond donors (Lipinski definition) is 2. The molecule has 168 valence electrons. The number of aryl methyl sites for hydroxylation is 2. The van der Waals surface area contributed by atoms with E-state index in [-0.39, 0.29) is 27.1 Å². The molecular formula is C24H25ClN2O3S2. The Morgan fingerprint density at radius 3 is 2.44 bits per heavy atom. The van der Waals surface area contributed by atoms with Gasteiger partial charge in [0.1, 0.15) is 0 Å². The standard InChI is InChI=1S/C24H25ClN2O3S2/c1-17-6-9-21(10-7-17)32(29,30)27-20-8-11-23(25)22(15-20)24(28)26-12-13-31-16-19-5-3-4-18(2)14-19/h3-11,14-15,27H,12-13,16H2,1-2H3,(H,26,28). The maximum atomic E-state index is 12.6. The highest BCUT2D eigenvalue weighted by Gasteiger charge is 2.16. The van der Waals surface area contributed by atoms with E-state index in [1.807, 2.05) is 13.0 Å². The van der Waals surface area contributed by atoms with Gasteiger partial charge in [-0.3, -0.25) is 9.52 Å². The molecule has 0 radical (unpaired) electrons. The van der Waals surface area contributed by atoms with Crippen LogP contribution in [0.1, 0.15) is 27.0 Å². The van der Waals surface area contributed by atoms with Crippen molar-refractivity contribution in [3.8, 4) is 0 Å². The van der Waals surface area contributed by atoms with Crippen molar-refractivity contribution in [2.75, 3.05) is 17.0 Å². The van der Waals surface area contributed by atoms with Crippen LogP contribution in [0.3, 0.4) is 0 Å². The highest BCUT2D eigenvalue weighted by atomic mass is 35.5. The van der Waals surface area contributed by atoms with Crippen LogP contribution in [0.4, 0.5) is 5.69 Å². The summed E-state index contributed by atoms with van der Waals surface area (Å²) in [4.78, 5) is 12.7. The van der Waals surface area contributed by atoms with E-state index in [1.54, 1.807) is 23.9 Å². The number of benzene rings is 3. The SMILES string of the molecule is Cc1ccc(S(=O)(=O)Nc2ccc(Cl)c(C(=O)NCCSCc3cccc(C)c3)c2)cc1. The van der Waals surface area contributed by atoms with Crippen LogP contribution in [-0.2, 0) is 15.8 Å². The molecule has 0 aliphatic carbocycles. The molecule has 8 heteroatoms. The van der Waals surface area contributed by atoms with Crippen molar-refractivity contribution < 1.29 is 13.2 Å². The molecule has 0 aliphatic heterocycles. The molecule has 1 amide bonds. The van der Waals surface area contributed by atoms with Crippen LogP contribution < -0.4 is 10.0 Å². The average Bonchev–Trinajstić information content (AvgIpc) is 2.75. The number of sulfonamides is 1. The van der Waals surface area contributed by atoms with Crippen molar-refractivity contribution in [1.29, 1.82) is 0 Å². The van der Waals surface area contributed by atoms with Gasteiger partial charge in [-0.2, -0.15) is 11.8 Å². The van der Waals surface area contributed by atoms with Crippen LogP contribution >= 0.6 is 23.4 Å². The van der Waals surface area contributed by atoms with Crippen LogP contribution in [-0.4, -0.2) is 26.6 Å². The molecule has 0 aliphatic rings. The number of hydrogen-bond acceptors (Lipinski definition) is 4. The molecule has 3 aromatic carbocycles. The Morgan fingerprint density at radius 2 is 1.72 bits per heavy atom. The summed E-state index contributed by atoms with van der Waals surface area (Å²) in [5.74, 6) is 1.27. The minimum absolute atomic E-state index is 0.148. The molecule has 0 unspecified atom stereocenters. The Hall–Kier alpha value is -2.48. The molecule has 0 spiro atoms. The first-order chi connectivity index (χ1) is 15.2. The van der Waals surface area contributed by atoms with Gasteiger partial charge in [0.15, 0.2) is 0 Å². The van der Waals surface area contributed by atoms with E-state index in [2.05, 4.69) is 35.2 Å². The zero-order valence-electron chi connectivity index (χ0n) is 17.9. The van der Waals surface area contributed by atoms with Gasteiger partial charge < -0.3 is 5.32 Å². The summed E-state index contributed by atoms with van der Waals surface area (Å²) in [5.41, 5.74) is 3.93. The van der Waals surface area contributed by atoms with Crippen LogP contribution in [0.15, 0.2) is 71.6 Å². The van der Waals surface area contributed by atoms with E-state index in [0.717, 1.165) is 17.1 Å². The topological polar surface area (TPSA) is 75.3 Å². The third-order valence-electron chi connectivity index (χ3n) is 4.68. The van der Waals surface area contributed by atoms with Crippen molar-refractivity contribution in [2.24, 2.45) is 0 Å². The van der Waals surface area contributed by atoms with Crippen molar-refractivity contribution in [3.05, 3.63) is 94.0 Å². The number of thioether (sulfide) groups is 1. The first-order valence-electron chi connectivity index (χ1n) is 10.0. The Kier molecular flexibility index (Phi) is 8.23. The minimum Gasteiger partial charge on any atom is -0.351 e. The van der Waals surface area contributed by atoms with E-state index in [4.69, 9.17) is 11.6 Å². The number of carbonyl (C=O) groups is 1. The lowest BCUT2D eigenvalue weighted by molar-refractivity contribution is 0.0956. The highest BCUT2D eigenvalue weighted by molar-refractivity contribution is 7.98. The Bertz CT molecular complexity index is 1200. The van der Waals surface area contributed by atoms with Crippen molar-refractivity contribution in [2.45, 2.75) is 24.5 Å². The summed E-state index contributed by atoms with van der Waals surface area (Å²) in [7, 11) is -3.77. The second-order valence-corrected chi connectivity index (χ2v) is 10.6. The zero-order valence-corrected chi connectivity index (χ0v) is 20.3. The Morgan fingerprint density at radius 1 is 0.969 bits per heavy atom. The second kappa shape index (κ2) is 10.9. The molecule has 0 saturated heterocycles. The van der Waals surface area contributed by atoms with E-state index in [1.165, 1.54) is 41.5 Å². The second-order valence-electron chi connectivity index (χ2n) is 7.41. The maximum Gasteiger partial charge on any atom is 0.261 e. The van der Waals surface area contributed by atoms with Crippen molar-refractivity contribution in [3.63, 3.8) is 0 Å². The smallest absolute Gasteiger partial charge is 0.261 e. The quantitative estimate of drug-likeness (QED) is 0.394. The molecular weight excluding hydrogens is 464 g/mol. The molecule has 32 heavy (non-hydrogen) atoms. The molecule has 3 aromatic rings. The summed E-state index contributed by atoms with van der Waals surface area (Å²) in [6.45, 7) is 4.42. The predicted octanol–water partition coefficient (Wildman–Crippen LogP) is 5.42. The van der Waals surface area contributed by atoms with E-state index in [9.17, 15) is 13.2 Å². The highest BCUT2D eigenvalue weighted by Crippen LogP contribution is 2.23. The van der Waals surface area contributed by atoms with Gasteiger partial charge in [-0.15, -0.1) is 0 Å². The molecule has 0 heterocycles. The number of carbonyl (C=O) groups excluding carboxylic acids is 1. The summed E-state index contributed by atoms with van der Waals surface area (Å²) < 4.78 is 27.7. The molecule has 0 fully saturated rings. The fourth-order valence-electron chi connectivity index (χ4n) is 3.02. The summed E-state index contributed by atoms with van der Waals surface area (Å²) in [6.07, 6.45) is 0. The fraction of sp³-hybridized carbons (Fsp3) is 0.208. The van der Waals surface area contributed by atoms with Crippen LogP contribution in [0, 0.1) is 13.8 Å². The number of nitrogens with one attached hydrogen (secondary N) is 2. The number of anilines is 1. The van der Waals surface area contributed by atoms with Crippen molar-refractivity contribution >= 4 is 45.0 Å². The lowest BCUT2D eigenvalue weighted by Crippen LogP contribution is -2.26. The Balaban J connectivity index is 1.57. The van der Waals surface area contributed by atoms with E-state index >= 15 is 0 Å². The van der Waals surface area contributed by atoms with Gasteiger partial charge in [0, 0.05) is 23.7 Å². The molecule has 5 nitrogen and oxygen atoms in total. The lowest BCUT2D eigenvalue weighted by atomic mass is 10.2. The van der Waals surface area contributed by atoms with E-state index < -0.39 is 10.0 Å². The number of halogens is 1. The molecule has 0 atom stereocenters. The first kappa shape index (κ1) is 24.2. The number of amides is 1. The molecule has 2 N–H and O–H groups in total. The van der Waals surface area contributed by atoms with Gasteiger partial charge in [-0.1, -0.05) is 59.1 Å². The van der Waals surface area contributed by atoms with Gasteiger partial charge in [0.2, 0.25) is 0 Å². The van der Waals surface area contributed by atoms with Crippen molar-refractivity contribution in [1.82, 2.24) is 5.32 Å². The molecule has 0 saturated carbocycles. The monoisotopic (exact) mass is 488 g/mol. The molecule has 0 aromatic heterocycles. The minimum atomic E-state index is -3.77. The van der Waals surface area contributed by atoms with Gasteiger partial charge in [-0.05, 0) is 49.7 Å². The van der Waals surface area contributed by atoms with E-state index in [0.29, 0.717) is 6.54 Å². The summed E-state index contributed by atoms with van der Waals surface area (Å²) in [5, 5.41) is 3.10. The third-order valence-corrected chi connectivity index (χ3v) is 7.43. The average molecular weight is 489 g/mol.